The molecule has 1 aromatic carbocycles. The number of piperazine rings is 1. The molecule has 170 valence electrons. The monoisotopic (exact) mass is 453 g/mol. The number of hydrogen-bond acceptors (Lipinski definition) is 4. The predicted molar refractivity (Wildman–Crippen MR) is 129 cm³/mol. The second-order valence-electron chi connectivity index (χ2n) is 8.54. The molecule has 1 atom stereocenters. The summed E-state index contributed by atoms with van der Waals surface area (Å²) in [5, 5.41) is -0.590. The Hall–Kier alpha value is -2.64. The van der Waals surface area contributed by atoms with Crippen molar-refractivity contribution in [1.29, 1.82) is 0 Å². The quantitative estimate of drug-likeness (QED) is 0.663. The molecule has 32 heavy (non-hydrogen) atoms. The zero-order valence-corrected chi connectivity index (χ0v) is 19.4. The number of carbonyl (C=O) groups excluding carboxylic acids is 1. The first-order valence-corrected chi connectivity index (χ1v) is 12.7. The Labute approximate surface area is 191 Å². The fraction of sp³-hybridized carbons (Fsp3) is 0.400. The van der Waals surface area contributed by atoms with Gasteiger partial charge < -0.3 is 9.80 Å². The normalized spacial score (nSPS) is 21.5. The van der Waals surface area contributed by atoms with Crippen LogP contribution in [0.1, 0.15) is 29.6 Å². The van der Waals surface area contributed by atoms with Gasteiger partial charge in [0.2, 0.25) is 10.0 Å². The van der Waals surface area contributed by atoms with Crippen molar-refractivity contribution in [2.75, 3.05) is 44.1 Å². The van der Waals surface area contributed by atoms with Crippen LogP contribution in [-0.4, -0.2) is 69.1 Å². The van der Waals surface area contributed by atoms with Crippen LogP contribution in [0, 0.1) is 0 Å². The van der Waals surface area contributed by atoms with Crippen LogP contribution < -0.4 is 4.31 Å². The van der Waals surface area contributed by atoms with Gasteiger partial charge >= 0.3 is 0 Å². The average Bonchev–Trinajstić information content (AvgIpc) is 2.84. The highest BCUT2D eigenvalue weighted by atomic mass is 32.2. The summed E-state index contributed by atoms with van der Waals surface area (Å²) in [5.74, 6) is -0.00247. The number of hydrogen-bond donors (Lipinski definition) is 0. The van der Waals surface area contributed by atoms with Crippen molar-refractivity contribution in [3.63, 3.8) is 0 Å². The van der Waals surface area contributed by atoms with Crippen molar-refractivity contribution in [3.8, 4) is 0 Å². The van der Waals surface area contributed by atoms with Crippen LogP contribution in [0.2, 0.25) is 0 Å². The summed E-state index contributed by atoms with van der Waals surface area (Å²) in [5.41, 5.74) is 2.17. The van der Waals surface area contributed by atoms with Crippen LogP contribution in [-0.2, 0) is 10.0 Å². The van der Waals surface area contributed by atoms with Crippen molar-refractivity contribution < 1.29 is 13.2 Å². The molecular weight excluding hydrogens is 422 g/mol. The third-order valence-corrected chi connectivity index (χ3v) is 8.29. The third kappa shape index (κ3) is 5.05. The van der Waals surface area contributed by atoms with Crippen molar-refractivity contribution in [1.82, 2.24) is 9.80 Å². The molecule has 3 aliphatic rings. The van der Waals surface area contributed by atoms with Gasteiger partial charge in [0.05, 0.1) is 12.2 Å². The lowest BCUT2D eigenvalue weighted by Crippen LogP contribution is -2.47. The van der Waals surface area contributed by atoms with E-state index in [2.05, 4.69) is 24.1 Å². The first-order valence-electron chi connectivity index (χ1n) is 11.2. The van der Waals surface area contributed by atoms with Gasteiger partial charge in [-0.3, -0.25) is 9.10 Å². The minimum atomic E-state index is -3.62. The molecule has 1 heterocycles. The Morgan fingerprint density at radius 2 is 1.78 bits per heavy atom. The Kier molecular flexibility index (Phi) is 6.96. The molecule has 6 nitrogen and oxygen atoms in total. The van der Waals surface area contributed by atoms with Gasteiger partial charge in [-0.05, 0) is 56.1 Å². The summed E-state index contributed by atoms with van der Waals surface area (Å²) < 4.78 is 28.6. The Balaban J connectivity index is 1.58. The molecule has 1 amide bonds. The maximum absolute atomic E-state index is 13.6. The van der Waals surface area contributed by atoms with Crippen LogP contribution in [0.25, 0.3) is 0 Å². The summed E-state index contributed by atoms with van der Waals surface area (Å²) >= 11 is 0. The highest BCUT2D eigenvalue weighted by Gasteiger charge is 2.31. The van der Waals surface area contributed by atoms with Crippen molar-refractivity contribution >= 4 is 21.6 Å². The first kappa shape index (κ1) is 22.6. The highest BCUT2D eigenvalue weighted by molar-refractivity contribution is 7.93. The average molecular weight is 454 g/mol. The van der Waals surface area contributed by atoms with E-state index < -0.39 is 15.3 Å². The second kappa shape index (κ2) is 9.88. The molecule has 1 saturated heterocycles. The molecule has 1 aliphatic heterocycles. The molecular formula is C25H31N3O3S. The standard InChI is InChI=1S/C25H31N3O3S/c1-26-16-18-27(19-17-26)25(29)22-12-14-23(15-13-22)28(20-21-8-4-2-5-9-21)32(30,31)24-10-6-3-7-11-24/h3-4,6-10,12-15,24H,2,5,11,16-20H2,1H3. The van der Waals surface area contributed by atoms with Crippen LogP contribution in [0.4, 0.5) is 5.69 Å². The maximum atomic E-state index is 13.6. The molecule has 4 rings (SSSR count). The Morgan fingerprint density at radius 1 is 1.03 bits per heavy atom. The minimum Gasteiger partial charge on any atom is -0.336 e. The highest BCUT2D eigenvalue weighted by Crippen LogP contribution is 2.27. The molecule has 0 radical (unpaired) electrons. The lowest BCUT2D eigenvalue weighted by atomic mass is 10.1. The molecule has 1 fully saturated rings. The number of benzene rings is 1. The van der Waals surface area contributed by atoms with E-state index in [1.807, 2.05) is 23.1 Å². The number of carbonyl (C=O) groups is 1. The predicted octanol–water partition coefficient (Wildman–Crippen LogP) is 3.37. The number of nitrogens with zero attached hydrogens (tertiary/aromatic N) is 3. The molecule has 0 aromatic heterocycles. The first-order chi connectivity index (χ1) is 15.4. The van der Waals surface area contributed by atoms with E-state index in [1.165, 1.54) is 4.31 Å². The summed E-state index contributed by atoms with van der Waals surface area (Å²) in [7, 11) is -1.56. The van der Waals surface area contributed by atoms with Crippen LogP contribution >= 0.6 is 0 Å². The largest absolute Gasteiger partial charge is 0.336 e. The van der Waals surface area contributed by atoms with E-state index in [-0.39, 0.29) is 5.91 Å². The summed E-state index contributed by atoms with van der Waals surface area (Å²) in [6.45, 7) is 3.43. The number of likely N-dealkylation sites (N-methyl/N-ethyl adjacent to an activating group) is 1. The maximum Gasteiger partial charge on any atom is 0.253 e. The van der Waals surface area contributed by atoms with E-state index in [0.717, 1.165) is 31.5 Å². The van der Waals surface area contributed by atoms with Crippen molar-refractivity contribution in [2.24, 2.45) is 0 Å². The minimum absolute atomic E-state index is 0.00247. The third-order valence-electron chi connectivity index (χ3n) is 6.22. The van der Waals surface area contributed by atoms with E-state index in [1.54, 1.807) is 36.4 Å². The summed E-state index contributed by atoms with van der Waals surface area (Å²) in [4.78, 5) is 17.0. The van der Waals surface area contributed by atoms with E-state index in [9.17, 15) is 13.2 Å². The molecule has 2 aliphatic carbocycles. The van der Waals surface area contributed by atoms with Gasteiger partial charge in [-0.2, -0.15) is 0 Å². The number of rotatable bonds is 6. The number of sulfonamides is 1. The van der Waals surface area contributed by atoms with Gasteiger partial charge in [0, 0.05) is 31.7 Å². The number of anilines is 1. The summed E-state index contributed by atoms with van der Waals surface area (Å²) in [6.07, 6.45) is 15.9. The van der Waals surface area contributed by atoms with Gasteiger partial charge in [0.1, 0.15) is 5.25 Å². The van der Waals surface area contributed by atoms with Gasteiger partial charge in [0.25, 0.3) is 5.91 Å². The lowest BCUT2D eigenvalue weighted by molar-refractivity contribution is 0.0664. The van der Waals surface area contributed by atoms with Crippen LogP contribution in [0.5, 0.6) is 0 Å². The number of amides is 1. The molecule has 0 N–H and O–H groups in total. The molecule has 0 bridgehead atoms. The van der Waals surface area contributed by atoms with E-state index in [4.69, 9.17) is 0 Å². The lowest BCUT2D eigenvalue weighted by Gasteiger charge is -2.32. The van der Waals surface area contributed by atoms with Gasteiger partial charge in [-0.1, -0.05) is 42.5 Å². The van der Waals surface area contributed by atoms with Crippen molar-refractivity contribution in [3.05, 3.63) is 77.9 Å². The van der Waals surface area contributed by atoms with Crippen molar-refractivity contribution in [2.45, 2.75) is 24.5 Å². The molecule has 0 spiro atoms. The van der Waals surface area contributed by atoms with Crippen LogP contribution in [0.15, 0.2) is 72.4 Å². The zero-order chi connectivity index (χ0) is 22.6. The van der Waals surface area contributed by atoms with Gasteiger partial charge in [0.15, 0.2) is 0 Å². The second-order valence-corrected chi connectivity index (χ2v) is 10.6. The SMILES string of the molecule is CN1CCN(C(=O)c2ccc(N(CC3=CCCC=C3)S(=O)(=O)C3C=CC=CC3)cc2)CC1. The fourth-order valence-electron chi connectivity index (χ4n) is 4.18. The Morgan fingerprint density at radius 3 is 2.41 bits per heavy atom. The fourth-order valence-corrected chi connectivity index (χ4v) is 5.90. The van der Waals surface area contributed by atoms with Gasteiger partial charge in [-0.25, -0.2) is 8.42 Å². The molecule has 1 aromatic rings. The Bertz CT molecular complexity index is 1050. The smallest absolute Gasteiger partial charge is 0.253 e. The molecule has 0 saturated carbocycles. The molecule has 1 unspecified atom stereocenters. The summed E-state index contributed by atoms with van der Waals surface area (Å²) in [6, 6.07) is 7.02. The topological polar surface area (TPSA) is 60.9 Å². The zero-order valence-electron chi connectivity index (χ0n) is 18.6. The van der Waals surface area contributed by atoms with E-state index >= 15 is 0 Å². The van der Waals surface area contributed by atoms with E-state index in [0.29, 0.717) is 37.3 Å². The van der Waals surface area contributed by atoms with Crippen LogP contribution in [0.3, 0.4) is 0 Å². The van der Waals surface area contributed by atoms with Gasteiger partial charge in [-0.15, -0.1) is 0 Å². The number of allylic oxidation sites excluding steroid dienone is 5. The molecule has 7 heteroatoms.